The Bertz CT molecular complexity index is 925. The summed E-state index contributed by atoms with van der Waals surface area (Å²) in [6, 6.07) is 6.24. The van der Waals surface area contributed by atoms with Crippen molar-refractivity contribution in [1.29, 1.82) is 0 Å². The minimum Gasteiger partial charge on any atom is -0.434 e. The SMILES string of the molecule is O=C(CCS(=O)(=O)C1CCCC1)Nc1nc(-c2ccccc2OC(F)F)cs1. The van der Waals surface area contributed by atoms with Gasteiger partial charge in [-0.15, -0.1) is 11.3 Å². The fourth-order valence-corrected chi connectivity index (χ4v) is 5.74. The number of thiazole rings is 1. The van der Waals surface area contributed by atoms with Crippen molar-refractivity contribution in [1.82, 2.24) is 4.98 Å². The first-order valence-corrected chi connectivity index (χ1v) is 11.5. The maximum atomic E-state index is 12.5. The van der Waals surface area contributed by atoms with E-state index in [0.717, 1.165) is 24.2 Å². The topological polar surface area (TPSA) is 85.4 Å². The number of halogens is 2. The zero-order valence-corrected chi connectivity index (χ0v) is 16.6. The average Bonchev–Trinajstić information content (AvgIpc) is 3.32. The van der Waals surface area contributed by atoms with E-state index < -0.39 is 22.4 Å². The number of para-hydroxylation sites is 1. The molecule has 0 atom stereocenters. The van der Waals surface area contributed by atoms with Gasteiger partial charge >= 0.3 is 6.61 Å². The van der Waals surface area contributed by atoms with E-state index in [0.29, 0.717) is 24.1 Å². The molecule has 3 rings (SSSR count). The number of aromatic nitrogens is 1. The molecule has 1 aromatic heterocycles. The third-order valence-electron chi connectivity index (χ3n) is 4.55. The van der Waals surface area contributed by atoms with Crippen LogP contribution in [0.3, 0.4) is 0 Å². The van der Waals surface area contributed by atoms with E-state index in [1.165, 1.54) is 6.07 Å². The molecule has 10 heteroatoms. The summed E-state index contributed by atoms with van der Waals surface area (Å²) in [5.41, 5.74) is 0.762. The Balaban J connectivity index is 1.61. The number of nitrogens with one attached hydrogen (secondary N) is 1. The minimum absolute atomic E-state index is 0.0108. The Kier molecular flexibility index (Phi) is 6.61. The monoisotopic (exact) mass is 430 g/mol. The van der Waals surface area contributed by atoms with Gasteiger partial charge < -0.3 is 10.1 Å². The van der Waals surface area contributed by atoms with Gasteiger partial charge in [0.2, 0.25) is 5.91 Å². The highest BCUT2D eigenvalue weighted by atomic mass is 32.2. The second kappa shape index (κ2) is 8.95. The number of hydrogen-bond donors (Lipinski definition) is 1. The summed E-state index contributed by atoms with van der Waals surface area (Å²) in [6.07, 6.45) is 3.02. The molecule has 1 aromatic carbocycles. The van der Waals surface area contributed by atoms with E-state index in [-0.39, 0.29) is 28.3 Å². The maximum absolute atomic E-state index is 12.5. The third kappa shape index (κ3) is 5.26. The van der Waals surface area contributed by atoms with Crippen molar-refractivity contribution in [2.75, 3.05) is 11.1 Å². The van der Waals surface area contributed by atoms with Crippen LogP contribution in [0.15, 0.2) is 29.6 Å². The van der Waals surface area contributed by atoms with Crippen LogP contribution in [0.1, 0.15) is 32.1 Å². The predicted octanol–water partition coefficient (Wildman–Crippen LogP) is 4.10. The first-order chi connectivity index (χ1) is 13.3. The van der Waals surface area contributed by atoms with Crippen LogP contribution in [0, 0.1) is 0 Å². The molecular formula is C18H20F2N2O4S2. The van der Waals surface area contributed by atoms with Gasteiger partial charge in [0, 0.05) is 17.4 Å². The highest BCUT2D eigenvalue weighted by Crippen LogP contribution is 2.33. The van der Waals surface area contributed by atoms with Gasteiger partial charge in [-0.3, -0.25) is 4.79 Å². The molecule has 152 valence electrons. The molecule has 6 nitrogen and oxygen atoms in total. The molecule has 0 radical (unpaired) electrons. The normalized spacial score (nSPS) is 15.1. The van der Waals surface area contributed by atoms with E-state index in [2.05, 4.69) is 15.0 Å². The van der Waals surface area contributed by atoms with Gasteiger partial charge in [0.1, 0.15) is 5.75 Å². The number of nitrogens with zero attached hydrogens (tertiary/aromatic N) is 1. The summed E-state index contributed by atoms with van der Waals surface area (Å²) in [7, 11) is -3.27. The zero-order chi connectivity index (χ0) is 20.1. The van der Waals surface area contributed by atoms with Crippen molar-refractivity contribution in [3.05, 3.63) is 29.6 Å². The molecule has 1 aliphatic carbocycles. The van der Waals surface area contributed by atoms with Crippen molar-refractivity contribution < 1.29 is 26.7 Å². The van der Waals surface area contributed by atoms with Crippen LogP contribution in [0.4, 0.5) is 13.9 Å². The molecule has 0 unspecified atom stereocenters. The molecule has 1 aliphatic rings. The summed E-state index contributed by atoms with van der Waals surface area (Å²) >= 11 is 1.12. The molecule has 1 heterocycles. The van der Waals surface area contributed by atoms with Crippen LogP contribution in [0.2, 0.25) is 0 Å². The summed E-state index contributed by atoms with van der Waals surface area (Å²) in [5.74, 6) is -0.643. The Hall–Kier alpha value is -2.07. The molecule has 2 aromatic rings. The van der Waals surface area contributed by atoms with Gasteiger partial charge in [-0.25, -0.2) is 13.4 Å². The highest BCUT2D eigenvalue weighted by Gasteiger charge is 2.29. The summed E-state index contributed by atoms with van der Waals surface area (Å²) < 4.78 is 54.0. The molecule has 1 amide bonds. The molecule has 1 N–H and O–H groups in total. The Morgan fingerprint density at radius 2 is 2.00 bits per heavy atom. The number of rotatable bonds is 8. The fourth-order valence-electron chi connectivity index (χ4n) is 3.16. The standard InChI is InChI=1S/C18H20F2N2O4S2/c19-17(20)26-15-8-4-3-7-13(15)14-11-27-18(21-14)22-16(23)9-10-28(24,25)12-5-1-2-6-12/h3-4,7-8,11-12,17H,1-2,5-6,9-10H2,(H,21,22,23). The van der Waals surface area contributed by atoms with Gasteiger partial charge in [0.15, 0.2) is 15.0 Å². The van der Waals surface area contributed by atoms with E-state index in [9.17, 15) is 22.0 Å². The van der Waals surface area contributed by atoms with Crippen molar-refractivity contribution in [2.45, 2.75) is 44.0 Å². The lowest BCUT2D eigenvalue weighted by Gasteiger charge is -2.10. The lowest BCUT2D eigenvalue weighted by Crippen LogP contribution is -2.24. The smallest absolute Gasteiger partial charge is 0.387 e. The van der Waals surface area contributed by atoms with E-state index in [4.69, 9.17) is 0 Å². The lowest BCUT2D eigenvalue weighted by atomic mass is 10.1. The largest absolute Gasteiger partial charge is 0.434 e. The van der Waals surface area contributed by atoms with E-state index in [1.807, 2.05) is 0 Å². The van der Waals surface area contributed by atoms with Crippen LogP contribution in [0.5, 0.6) is 5.75 Å². The van der Waals surface area contributed by atoms with Gasteiger partial charge in [0.05, 0.1) is 16.7 Å². The van der Waals surface area contributed by atoms with Crippen molar-refractivity contribution in [3.63, 3.8) is 0 Å². The van der Waals surface area contributed by atoms with Crippen molar-refractivity contribution >= 4 is 32.2 Å². The number of alkyl halides is 2. The van der Waals surface area contributed by atoms with Crippen molar-refractivity contribution in [2.24, 2.45) is 0 Å². The Labute approximate surface area is 165 Å². The number of sulfone groups is 1. The number of ether oxygens (including phenoxy) is 1. The van der Waals surface area contributed by atoms with Crippen molar-refractivity contribution in [3.8, 4) is 17.0 Å². The van der Waals surface area contributed by atoms with Gasteiger partial charge in [-0.1, -0.05) is 25.0 Å². The highest BCUT2D eigenvalue weighted by molar-refractivity contribution is 7.92. The quantitative estimate of drug-likeness (QED) is 0.682. The van der Waals surface area contributed by atoms with E-state index >= 15 is 0 Å². The second-order valence-corrected chi connectivity index (χ2v) is 9.74. The number of carbonyl (C=O) groups is 1. The minimum atomic E-state index is -3.27. The molecule has 28 heavy (non-hydrogen) atoms. The molecule has 0 aliphatic heterocycles. The number of carbonyl (C=O) groups excluding carboxylic acids is 1. The van der Waals surface area contributed by atoms with Gasteiger partial charge in [-0.2, -0.15) is 8.78 Å². The molecule has 0 spiro atoms. The number of benzene rings is 1. The predicted molar refractivity (Wildman–Crippen MR) is 103 cm³/mol. The first-order valence-electron chi connectivity index (χ1n) is 8.86. The molecular weight excluding hydrogens is 410 g/mol. The second-order valence-electron chi connectivity index (χ2n) is 6.48. The number of hydrogen-bond acceptors (Lipinski definition) is 6. The summed E-state index contributed by atoms with van der Waals surface area (Å²) in [5, 5.41) is 4.11. The molecule has 1 saturated carbocycles. The molecule has 0 bridgehead atoms. The number of anilines is 1. The van der Waals surface area contributed by atoms with E-state index in [1.54, 1.807) is 23.6 Å². The van der Waals surface area contributed by atoms with Crippen LogP contribution >= 0.6 is 11.3 Å². The third-order valence-corrected chi connectivity index (χ3v) is 7.57. The molecule has 0 saturated heterocycles. The average molecular weight is 430 g/mol. The Morgan fingerprint density at radius 1 is 1.29 bits per heavy atom. The van der Waals surface area contributed by atoms with Crippen LogP contribution < -0.4 is 10.1 Å². The lowest BCUT2D eigenvalue weighted by molar-refractivity contribution is -0.115. The maximum Gasteiger partial charge on any atom is 0.387 e. The van der Waals surface area contributed by atoms with Gasteiger partial charge in [0.25, 0.3) is 0 Å². The summed E-state index contributed by atoms with van der Waals surface area (Å²) in [4.78, 5) is 16.3. The Morgan fingerprint density at radius 3 is 2.71 bits per heavy atom. The fraction of sp³-hybridized carbons (Fsp3) is 0.444. The zero-order valence-electron chi connectivity index (χ0n) is 14.9. The van der Waals surface area contributed by atoms with Crippen LogP contribution in [-0.2, 0) is 14.6 Å². The molecule has 1 fully saturated rings. The van der Waals surface area contributed by atoms with Crippen LogP contribution in [-0.4, -0.2) is 36.9 Å². The van der Waals surface area contributed by atoms with Crippen LogP contribution in [0.25, 0.3) is 11.3 Å². The number of amides is 1. The van der Waals surface area contributed by atoms with Gasteiger partial charge in [-0.05, 0) is 25.0 Å². The summed E-state index contributed by atoms with van der Waals surface area (Å²) in [6.45, 7) is -2.96. The first kappa shape index (κ1) is 20.7.